The Morgan fingerprint density at radius 3 is 2.88 bits per heavy atom. The van der Waals surface area contributed by atoms with Crippen LogP contribution in [0.25, 0.3) is 0 Å². The van der Waals surface area contributed by atoms with Crippen molar-refractivity contribution in [2.24, 2.45) is 0 Å². The average molecular weight is 417 g/mol. The Kier molecular flexibility index (Phi) is 5.75. The molecule has 1 aliphatic heterocycles. The largest absolute Gasteiger partial charge is 0.351 e. The van der Waals surface area contributed by atoms with E-state index in [2.05, 4.69) is 5.32 Å². The molecule has 25 heavy (non-hydrogen) atoms. The third kappa shape index (κ3) is 4.20. The van der Waals surface area contributed by atoms with Crippen LogP contribution in [0, 0.1) is 0 Å². The van der Waals surface area contributed by atoms with E-state index >= 15 is 0 Å². The molecule has 1 N–H and O–H groups in total. The summed E-state index contributed by atoms with van der Waals surface area (Å²) in [5.41, 5.74) is 0.883. The van der Waals surface area contributed by atoms with Crippen molar-refractivity contribution in [3.63, 3.8) is 0 Å². The van der Waals surface area contributed by atoms with Gasteiger partial charge in [0.1, 0.15) is 4.21 Å². The van der Waals surface area contributed by atoms with Crippen LogP contribution < -0.4 is 5.32 Å². The van der Waals surface area contributed by atoms with Gasteiger partial charge in [-0.15, -0.1) is 23.1 Å². The summed E-state index contributed by atoms with van der Waals surface area (Å²) < 4.78 is 27.9. The van der Waals surface area contributed by atoms with Gasteiger partial charge >= 0.3 is 0 Å². The molecule has 0 spiro atoms. The molecule has 1 fully saturated rings. The Balaban J connectivity index is 1.85. The van der Waals surface area contributed by atoms with E-state index in [0.29, 0.717) is 22.3 Å². The van der Waals surface area contributed by atoms with Crippen molar-refractivity contribution < 1.29 is 13.2 Å². The molecule has 1 unspecified atom stereocenters. The number of carbonyl (C=O) groups is 1. The Labute approximate surface area is 160 Å². The van der Waals surface area contributed by atoms with E-state index in [1.165, 1.54) is 22.6 Å². The number of carbonyl (C=O) groups excluding carboxylic acids is 1. The van der Waals surface area contributed by atoms with Gasteiger partial charge in [0.2, 0.25) is 5.91 Å². The molecule has 2 aromatic rings. The lowest BCUT2D eigenvalue weighted by Crippen LogP contribution is -2.30. The van der Waals surface area contributed by atoms with Crippen molar-refractivity contribution in [2.45, 2.75) is 23.1 Å². The molecule has 1 atom stereocenters. The van der Waals surface area contributed by atoms with Gasteiger partial charge in [-0.25, -0.2) is 8.42 Å². The van der Waals surface area contributed by atoms with Crippen molar-refractivity contribution in [1.29, 1.82) is 0 Å². The first-order valence-corrected chi connectivity index (χ1v) is 11.3. The molecule has 0 bridgehead atoms. The lowest BCUT2D eigenvalue weighted by Gasteiger charge is -2.23. The van der Waals surface area contributed by atoms with Gasteiger partial charge in [-0.3, -0.25) is 4.79 Å². The molecule has 1 aliphatic rings. The molecule has 0 aliphatic carbocycles. The molecular weight excluding hydrogens is 400 g/mol. The number of rotatable bonds is 5. The van der Waals surface area contributed by atoms with Crippen molar-refractivity contribution in [2.75, 3.05) is 12.3 Å². The molecule has 1 saturated heterocycles. The number of nitrogens with zero attached hydrogens (tertiary/aromatic N) is 1. The highest BCUT2D eigenvalue weighted by Crippen LogP contribution is 2.42. The Bertz CT molecular complexity index is 882. The predicted molar refractivity (Wildman–Crippen MR) is 102 cm³/mol. The van der Waals surface area contributed by atoms with Gasteiger partial charge in [-0.2, -0.15) is 4.31 Å². The number of thioether (sulfide) groups is 1. The van der Waals surface area contributed by atoms with Crippen molar-refractivity contribution in [3.8, 4) is 0 Å². The molecule has 3 rings (SSSR count). The van der Waals surface area contributed by atoms with E-state index in [4.69, 9.17) is 11.6 Å². The molecule has 1 amide bonds. The summed E-state index contributed by atoms with van der Waals surface area (Å²) in [6.07, 6.45) is 0. The molecule has 0 radical (unpaired) electrons. The lowest BCUT2D eigenvalue weighted by atomic mass is 10.2. The highest BCUT2D eigenvalue weighted by molar-refractivity contribution is 8.01. The Hall–Kier alpha value is -1.06. The minimum Gasteiger partial charge on any atom is -0.351 e. The van der Waals surface area contributed by atoms with E-state index in [9.17, 15) is 13.2 Å². The smallest absolute Gasteiger partial charge is 0.253 e. The van der Waals surface area contributed by atoms with E-state index in [-0.39, 0.29) is 11.3 Å². The third-order valence-corrected chi connectivity index (χ3v) is 8.74. The fourth-order valence-electron chi connectivity index (χ4n) is 2.54. The van der Waals surface area contributed by atoms with Crippen molar-refractivity contribution in [3.05, 3.63) is 51.9 Å². The third-order valence-electron chi connectivity index (χ3n) is 3.69. The van der Waals surface area contributed by atoms with Crippen LogP contribution in [-0.4, -0.2) is 30.9 Å². The van der Waals surface area contributed by atoms with Gasteiger partial charge in [0.25, 0.3) is 10.0 Å². The molecule has 9 heteroatoms. The number of hydrogen-bond acceptors (Lipinski definition) is 5. The number of benzene rings is 1. The van der Waals surface area contributed by atoms with Crippen molar-refractivity contribution in [1.82, 2.24) is 9.62 Å². The molecule has 1 aromatic heterocycles. The summed E-state index contributed by atoms with van der Waals surface area (Å²) >= 11 is 8.84. The maximum Gasteiger partial charge on any atom is 0.253 e. The van der Waals surface area contributed by atoms with Crippen LogP contribution in [0.3, 0.4) is 0 Å². The highest BCUT2D eigenvalue weighted by atomic mass is 35.5. The van der Waals surface area contributed by atoms with Gasteiger partial charge in [0.05, 0.1) is 11.9 Å². The maximum absolute atomic E-state index is 13.1. The van der Waals surface area contributed by atoms with Crippen LogP contribution in [0.2, 0.25) is 5.02 Å². The zero-order valence-corrected chi connectivity index (χ0v) is 16.6. The second-order valence-electron chi connectivity index (χ2n) is 5.52. The molecule has 5 nitrogen and oxygen atoms in total. The molecule has 1 aromatic carbocycles. The summed E-state index contributed by atoms with van der Waals surface area (Å²) in [4.78, 5) is 11.8. The summed E-state index contributed by atoms with van der Waals surface area (Å²) in [5, 5.41) is 3.00. The second kappa shape index (κ2) is 7.67. The first kappa shape index (κ1) is 18.7. The average Bonchev–Trinajstić information content (AvgIpc) is 3.23. The van der Waals surface area contributed by atoms with Crippen LogP contribution in [0.1, 0.15) is 22.7 Å². The zero-order valence-electron chi connectivity index (χ0n) is 13.4. The predicted octanol–water partition coefficient (Wildman–Crippen LogP) is 3.47. The highest BCUT2D eigenvalue weighted by Gasteiger charge is 2.37. The summed E-state index contributed by atoms with van der Waals surface area (Å²) in [6.45, 7) is 2.23. The fourth-order valence-corrected chi connectivity index (χ4v) is 7.40. The Morgan fingerprint density at radius 2 is 2.16 bits per heavy atom. The normalized spacial score (nSPS) is 18.4. The van der Waals surface area contributed by atoms with E-state index in [1.54, 1.807) is 30.0 Å². The second-order valence-corrected chi connectivity index (χ2v) is 10.4. The first-order valence-electron chi connectivity index (χ1n) is 7.60. The van der Waals surface area contributed by atoms with Crippen molar-refractivity contribution >= 4 is 50.6 Å². The van der Waals surface area contributed by atoms with Crippen LogP contribution in [0.4, 0.5) is 0 Å². The Morgan fingerprint density at radius 1 is 1.36 bits per heavy atom. The number of hydrogen-bond donors (Lipinski definition) is 1. The van der Waals surface area contributed by atoms with Crippen LogP contribution in [-0.2, 0) is 21.4 Å². The SMILES string of the molecule is CC(=O)NCc1ccc(S(=O)(=O)N2CCSC2c2cccc(Cl)c2)s1. The first-order chi connectivity index (χ1) is 11.9. The van der Waals surface area contributed by atoms with Crippen LogP contribution in [0.5, 0.6) is 0 Å². The lowest BCUT2D eigenvalue weighted by molar-refractivity contribution is -0.119. The molecule has 2 heterocycles. The van der Waals surface area contributed by atoms with Crippen LogP contribution in [0.15, 0.2) is 40.6 Å². The standard InChI is InChI=1S/C16H17ClN2O3S3/c1-11(20)18-10-14-5-6-15(24-14)25(21,22)19-7-8-23-16(19)12-3-2-4-13(17)9-12/h2-6,9,16H,7-8,10H2,1H3,(H,18,20). The summed E-state index contributed by atoms with van der Waals surface area (Å²) in [5.74, 6) is 0.593. The molecule has 134 valence electrons. The fraction of sp³-hybridized carbons (Fsp3) is 0.312. The monoisotopic (exact) mass is 416 g/mol. The molecule has 0 saturated carbocycles. The minimum absolute atomic E-state index is 0.144. The number of thiophene rings is 1. The number of nitrogens with one attached hydrogen (secondary N) is 1. The number of amides is 1. The minimum atomic E-state index is -3.59. The van der Waals surface area contributed by atoms with Crippen LogP contribution >= 0.6 is 34.7 Å². The van der Waals surface area contributed by atoms with Gasteiger partial charge in [0, 0.05) is 29.1 Å². The zero-order chi connectivity index (χ0) is 18.0. The molecular formula is C16H17ClN2O3S3. The summed E-state index contributed by atoms with van der Waals surface area (Å²) in [6, 6.07) is 10.7. The number of sulfonamides is 1. The van der Waals surface area contributed by atoms with E-state index in [1.807, 2.05) is 18.2 Å². The van der Waals surface area contributed by atoms with E-state index < -0.39 is 10.0 Å². The van der Waals surface area contributed by atoms with Gasteiger partial charge in [0.15, 0.2) is 0 Å². The quantitative estimate of drug-likeness (QED) is 0.810. The van der Waals surface area contributed by atoms with Gasteiger partial charge < -0.3 is 5.32 Å². The van der Waals surface area contributed by atoms with Gasteiger partial charge in [-0.1, -0.05) is 23.7 Å². The van der Waals surface area contributed by atoms with E-state index in [0.717, 1.165) is 16.2 Å². The van der Waals surface area contributed by atoms with Gasteiger partial charge in [-0.05, 0) is 29.8 Å². The topological polar surface area (TPSA) is 66.5 Å². The number of halogens is 1. The maximum atomic E-state index is 13.1. The summed E-state index contributed by atoms with van der Waals surface area (Å²) in [7, 11) is -3.59.